The Balaban J connectivity index is 2.00. The lowest BCUT2D eigenvalue weighted by Crippen LogP contribution is -2.36. The van der Waals surface area contributed by atoms with Gasteiger partial charge in [0.25, 0.3) is 11.5 Å². The Bertz CT molecular complexity index is 1380. The van der Waals surface area contributed by atoms with Crippen LogP contribution in [0.2, 0.25) is 0 Å². The van der Waals surface area contributed by atoms with Gasteiger partial charge in [0.05, 0.1) is 16.7 Å². The van der Waals surface area contributed by atoms with Crippen LogP contribution in [0.1, 0.15) is 18.1 Å². The first-order valence-electron chi connectivity index (χ1n) is 9.35. The van der Waals surface area contributed by atoms with Crippen molar-refractivity contribution in [1.82, 2.24) is 4.57 Å². The second-order valence-corrected chi connectivity index (χ2v) is 8.63. The maximum atomic E-state index is 13.2. The zero-order valence-corrected chi connectivity index (χ0v) is 18.7. The van der Waals surface area contributed by atoms with E-state index in [9.17, 15) is 18.8 Å². The smallest absolute Gasteiger partial charge is 0.326 e. The van der Waals surface area contributed by atoms with Gasteiger partial charge in [-0.15, -0.1) is 11.3 Å². The number of hydrogen-bond acceptors (Lipinski definition) is 5. The molecule has 158 valence electrons. The van der Waals surface area contributed by atoms with Crippen molar-refractivity contribution in [2.24, 2.45) is 0 Å². The van der Waals surface area contributed by atoms with Crippen molar-refractivity contribution in [1.29, 1.82) is 0 Å². The van der Waals surface area contributed by atoms with E-state index in [2.05, 4.69) is 21.2 Å². The lowest BCUT2D eigenvalue weighted by Gasteiger charge is -2.04. The number of aromatic nitrogens is 1. The number of halogens is 2. The van der Waals surface area contributed by atoms with Gasteiger partial charge in [0.15, 0.2) is 0 Å². The summed E-state index contributed by atoms with van der Waals surface area (Å²) in [6.45, 7) is 1.53. The molecule has 0 unspecified atom stereocenters. The molecule has 31 heavy (non-hydrogen) atoms. The van der Waals surface area contributed by atoms with Gasteiger partial charge in [0.1, 0.15) is 17.0 Å². The fourth-order valence-electron chi connectivity index (χ4n) is 3.25. The number of anilines is 1. The minimum atomic E-state index is -0.578. The van der Waals surface area contributed by atoms with Gasteiger partial charge in [-0.3, -0.25) is 19.0 Å². The molecule has 1 aromatic heterocycles. The summed E-state index contributed by atoms with van der Waals surface area (Å²) in [4.78, 5) is 38.1. The van der Waals surface area contributed by atoms with Crippen LogP contribution in [0.15, 0.2) is 51.7 Å². The zero-order valence-electron chi connectivity index (χ0n) is 16.3. The molecule has 0 saturated carbocycles. The zero-order chi connectivity index (χ0) is 22.1. The number of amides is 1. The SMILES string of the molecule is CCOC(=O)Cn1c(=O)/c(=C/c2ccc(F)cc2)s/c1=C1/C(=O)Nc2ccc(Br)cc21. The van der Waals surface area contributed by atoms with Crippen LogP contribution in [0.3, 0.4) is 0 Å². The van der Waals surface area contributed by atoms with E-state index in [1.54, 1.807) is 43.3 Å². The Kier molecular flexibility index (Phi) is 5.88. The Morgan fingerprint density at radius 1 is 1.23 bits per heavy atom. The molecular formula is C22H16BrFN2O4S. The number of carbonyl (C=O) groups is 2. The molecule has 0 atom stereocenters. The molecular weight excluding hydrogens is 487 g/mol. The first-order chi connectivity index (χ1) is 14.9. The molecule has 0 saturated heterocycles. The van der Waals surface area contributed by atoms with Gasteiger partial charge in [0, 0.05) is 15.7 Å². The van der Waals surface area contributed by atoms with E-state index >= 15 is 0 Å². The van der Waals surface area contributed by atoms with Crippen LogP contribution in [-0.2, 0) is 20.9 Å². The lowest BCUT2D eigenvalue weighted by molar-refractivity contribution is -0.143. The highest BCUT2D eigenvalue weighted by atomic mass is 79.9. The average molecular weight is 503 g/mol. The van der Waals surface area contributed by atoms with Gasteiger partial charge >= 0.3 is 5.97 Å². The molecule has 0 radical (unpaired) electrons. The Hall–Kier alpha value is -3.04. The molecule has 1 aliphatic rings. The van der Waals surface area contributed by atoms with Crippen LogP contribution in [0.25, 0.3) is 11.6 Å². The summed E-state index contributed by atoms with van der Waals surface area (Å²) >= 11 is 4.50. The van der Waals surface area contributed by atoms with Gasteiger partial charge in [-0.05, 0) is 48.9 Å². The summed E-state index contributed by atoms with van der Waals surface area (Å²) in [5.74, 6) is -1.32. The number of benzene rings is 2. The predicted octanol–water partition coefficient (Wildman–Crippen LogP) is 2.35. The molecule has 2 heterocycles. The Labute approximate surface area is 188 Å². The lowest BCUT2D eigenvalue weighted by atomic mass is 10.1. The Morgan fingerprint density at radius 3 is 2.68 bits per heavy atom. The first kappa shape index (κ1) is 21.2. The van der Waals surface area contributed by atoms with Gasteiger partial charge in [-0.25, -0.2) is 4.39 Å². The number of rotatable bonds is 4. The maximum absolute atomic E-state index is 13.2. The largest absolute Gasteiger partial charge is 0.465 e. The van der Waals surface area contributed by atoms with Crippen LogP contribution >= 0.6 is 27.3 Å². The number of ether oxygens (including phenoxy) is 1. The van der Waals surface area contributed by atoms with Crippen LogP contribution in [0.5, 0.6) is 0 Å². The number of esters is 1. The van der Waals surface area contributed by atoms with Crippen molar-refractivity contribution in [3.8, 4) is 0 Å². The highest BCUT2D eigenvalue weighted by molar-refractivity contribution is 9.10. The third-order valence-electron chi connectivity index (χ3n) is 4.61. The summed E-state index contributed by atoms with van der Waals surface area (Å²) in [5, 5.41) is 2.79. The van der Waals surface area contributed by atoms with E-state index in [-0.39, 0.29) is 24.9 Å². The minimum Gasteiger partial charge on any atom is -0.465 e. The molecule has 0 spiro atoms. The number of carbonyl (C=O) groups excluding carboxylic acids is 2. The van der Waals surface area contributed by atoms with Gasteiger partial charge in [-0.2, -0.15) is 0 Å². The van der Waals surface area contributed by atoms with Crippen molar-refractivity contribution in [3.05, 3.63) is 83.4 Å². The van der Waals surface area contributed by atoms with E-state index in [4.69, 9.17) is 4.74 Å². The van der Waals surface area contributed by atoms with Gasteiger partial charge in [0.2, 0.25) is 0 Å². The summed E-state index contributed by atoms with van der Waals surface area (Å²) in [7, 11) is 0. The van der Waals surface area contributed by atoms with E-state index in [0.29, 0.717) is 31.6 Å². The molecule has 0 bridgehead atoms. The molecule has 9 heteroatoms. The highest BCUT2D eigenvalue weighted by Gasteiger charge is 2.27. The van der Waals surface area contributed by atoms with E-state index < -0.39 is 11.5 Å². The van der Waals surface area contributed by atoms with Crippen LogP contribution in [-0.4, -0.2) is 23.1 Å². The van der Waals surface area contributed by atoms with Gasteiger partial charge in [-0.1, -0.05) is 28.1 Å². The number of thiazole rings is 1. The van der Waals surface area contributed by atoms with Crippen molar-refractivity contribution < 1.29 is 18.7 Å². The van der Waals surface area contributed by atoms with Crippen molar-refractivity contribution >= 4 is 56.5 Å². The van der Waals surface area contributed by atoms with E-state index in [1.165, 1.54) is 16.7 Å². The molecule has 3 aromatic rings. The molecule has 1 N–H and O–H groups in total. The topological polar surface area (TPSA) is 77.4 Å². The summed E-state index contributed by atoms with van der Waals surface area (Å²) in [6, 6.07) is 11.0. The molecule has 1 amide bonds. The third-order valence-corrected chi connectivity index (χ3v) is 6.23. The fourth-order valence-corrected chi connectivity index (χ4v) is 4.77. The quantitative estimate of drug-likeness (QED) is 0.555. The molecule has 1 aliphatic heterocycles. The molecule has 0 fully saturated rings. The average Bonchev–Trinajstić information content (AvgIpc) is 3.20. The predicted molar refractivity (Wildman–Crippen MR) is 120 cm³/mol. The fraction of sp³-hybridized carbons (Fsp3) is 0.136. The van der Waals surface area contributed by atoms with E-state index in [1.807, 2.05) is 0 Å². The third kappa shape index (κ3) is 4.24. The monoisotopic (exact) mass is 502 g/mol. The van der Waals surface area contributed by atoms with Crippen LogP contribution in [0, 0.1) is 5.82 Å². The standard InChI is InChI=1S/C22H16BrFN2O4S/c1-2-30-18(27)11-26-21(29)17(9-12-3-6-14(24)7-4-12)31-22(26)19-15-10-13(23)5-8-16(15)25-20(19)28/h3-10H,2,11H2,1H3,(H,25,28)/b17-9-,22-19+. The van der Waals surface area contributed by atoms with Crippen molar-refractivity contribution in [2.75, 3.05) is 11.9 Å². The number of fused-ring (bicyclic) bond motifs is 1. The summed E-state index contributed by atoms with van der Waals surface area (Å²) in [5.41, 5.74) is 1.75. The normalized spacial score (nSPS) is 15.1. The van der Waals surface area contributed by atoms with Crippen molar-refractivity contribution in [2.45, 2.75) is 13.5 Å². The minimum absolute atomic E-state index is 0.175. The Morgan fingerprint density at radius 2 is 1.97 bits per heavy atom. The van der Waals surface area contributed by atoms with Crippen LogP contribution in [0.4, 0.5) is 10.1 Å². The maximum Gasteiger partial charge on any atom is 0.326 e. The van der Waals surface area contributed by atoms with Crippen molar-refractivity contribution in [3.63, 3.8) is 0 Å². The number of nitrogens with zero attached hydrogens (tertiary/aromatic N) is 1. The molecule has 4 rings (SSSR count). The second kappa shape index (κ2) is 8.60. The molecule has 6 nitrogen and oxygen atoms in total. The van der Waals surface area contributed by atoms with E-state index in [0.717, 1.165) is 15.8 Å². The van der Waals surface area contributed by atoms with Gasteiger partial charge < -0.3 is 10.1 Å². The van der Waals surface area contributed by atoms with Crippen LogP contribution < -0.4 is 20.1 Å². The molecule has 2 aromatic carbocycles. The summed E-state index contributed by atoms with van der Waals surface area (Å²) < 4.78 is 20.9. The highest BCUT2D eigenvalue weighted by Crippen LogP contribution is 2.32. The number of hydrogen-bond donors (Lipinski definition) is 1. The second-order valence-electron chi connectivity index (χ2n) is 6.68. The first-order valence-corrected chi connectivity index (χ1v) is 11.0. The molecule has 0 aliphatic carbocycles. The number of nitrogens with one attached hydrogen (secondary N) is 1. The summed E-state index contributed by atoms with van der Waals surface area (Å²) in [6.07, 6.45) is 1.60.